The van der Waals surface area contributed by atoms with E-state index in [0.717, 1.165) is 5.56 Å². The summed E-state index contributed by atoms with van der Waals surface area (Å²) in [7, 11) is 0. The van der Waals surface area contributed by atoms with Crippen LogP contribution in [0.2, 0.25) is 0 Å². The molecule has 1 aromatic rings. The van der Waals surface area contributed by atoms with Crippen LogP contribution in [0.4, 0.5) is 0 Å². The molecular weight excluding hydrogens is 286 g/mol. The van der Waals surface area contributed by atoms with Gasteiger partial charge in [-0.15, -0.1) is 0 Å². The zero-order valence-electron chi connectivity index (χ0n) is 12.8. The van der Waals surface area contributed by atoms with Crippen molar-refractivity contribution >= 4 is 18.0 Å². The maximum Gasteiger partial charge on any atom is 0.328 e. The molecule has 1 amide bonds. The Morgan fingerprint density at radius 1 is 1.27 bits per heavy atom. The van der Waals surface area contributed by atoms with Gasteiger partial charge in [-0.1, -0.05) is 12.1 Å². The van der Waals surface area contributed by atoms with Crippen molar-refractivity contribution < 1.29 is 24.5 Å². The second-order valence-corrected chi connectivity index (χ2v) is 5.14. The summed E-state index contributed by atoms with van der Waals surface area (Å²) in [6, 6.07) is 5.83. The number of carboxylic acid groups (broad SMARTS) is 1. The lowest BCUT2D eigenvalue weighted by Gasteiger charge is -2.15. The van der Waals surface area contributed by atoms with Gasteiger partial charge in [0.15, 0.2) is 6.04 Å². The van der Waals surface area contributed by atoms with E-state index in [4.69, 9.17) is 9.84 Å². The number of amides is 1. The molecule has 0 fully saturated rings. The molecule has 22 heavy (non-hydrogen) atoms. The largest absolute Gasteiger partial charge is 0.491 e. The van der Waals surface area contributed by atoms with E-state index in [1.165, 1.54) is 13.0 Å². The molecule has 2 unspecified atom stereocenters. The molecule has 2 atom stereocenters. The van der Waals surface area contributed by atoms with Crippen LogP contribution in [-0.4, -0.2) is 40.3 Å². The van der Waals surface area contributed by atoms with E-state index in [9.17, 15) is 14.7 Å². The molecule has 0 bridgehead atoms. The van der Waals surface area contributed by atoms with Crippen molar-refractivity contribution in [3.8, 4) is 5.75 Å². The molecule has 120 valence electrons. The minimum Gasteiger partial charge on any atom is -0.491 e. The minimum absolute atomic E-state index is 0.0462. The third kappa shape index (κ3) is 5.97. The first-order valence-corrected chi connectivity index (χ1v) is 6.95. The summed E-state index contributed by atoms with van der Waals surface area (Å²) >= 11 is 0. The summed E-state index contributed by atoms with van der Waals surface area (Å²) in [5.74, 6) is -1.20. The van der Waals surface area contributed by atoms with Crippen molar-refractivity contribution in [2.45, 2.75) is 39.0 Å². The van der Waals surface area contributed by atoms with Gasteiger partial charge in [0, 0.05) is 6.08 Å². The highest BCUT2D eigenvalue weighted by atomic mass is 16.5. The van der Waals surface area contributed by atoms with Crippen LogP contribution in [0.15, 0.2) is 30.3 Å². The molecule has 1 rings (SSSR count). The Kier molecular flexibility index (Phi) is 6.59. The first-order valence-electron chi connectivity index (χ1n) is 6.95. The van der Waals surface area contributed by atoms with Crippen LogP contribution in [0.5, 0.6) is 5.75 Å². The van der Waals surface area contributed by atoms with Crippen molar-refractivity contribution in [1.29, 1.82) is 0 Å². The number of hydrogen-bond donors (Lipinski definition) is 3. The second kappa shape index (κ2) is 8.19. The van der Waals surface area contributed by atoms with Gasteiger partial charge in [0.1, 0.15) is 5.75 Å². The maximum atomic E-state index is 11.7. The normalized spacial score (nSPS) is 13.9. The Balaban J connectivity index is 2.71. The van der Waals surface area contributed by atoms with E-state index in [1.807, 2.05) is 19.9 Å². The number of carbonyl (C=O) groups is 2. The molecule has 0 aliphatic heterocycles. The monoisotopic (exact) mass is 307 g/mol. The highest BCUT2D eigenvalue weighted by Crippen LogP contribution is 2.15. The van der Waals surface area contributed by atoms with Crippen molar-refractivity contribution in [2.24, 2.45) is 0 Å². The van der Waals surface area contributed by atoms with Crippen LogP contribution < -0.4 is 10.1 Å². The summed E-state index contributed by atoms with van der Waals surface area (Å²) in [5, 5.41) is 20.4. The molecule has 0 aliphatic rings. The Hall–Kier alpha value is -2.34. The zero-order valence-corrected chi connectivity index (χ0v) is 12.8. The number of hydrogen-bond acceptors (Lipinski definition) is 4. The molecule has 6 heteroatoms. The lowest BCUT2D eigenvalue weighted by Crippen LogP contribution is -2.47. The fourth-order valence-electron chi connectivity index (χ4n) is 1.73. The number of aliphatic carboxylic acids is 1. The molecule has 0 spiro atoms. The fourth-order valence-corrected chi connectivity index (χ4v) is 1.73. The number of aliphatic hydroxyl groups is 1. The van der Waals surface area contributed by atoms with Gasteiger partial charge < -0.3 is 20.3 Å². The average molecular weight is 307 g/mol. The molecule has 0 saturated carbocycles. The molecule has 0 radical (unpaired) electrons. The number of carbonyl (C=O) groups excluding carboxylic acids is 1. The molecule has 3 N–H and O–H groups in total. The molecule has 6 nitrogen and oxygen atoms in total. The van der Waals surface area contributed by atoms with E-state index in [0.29, 0.717) is 5.75 Å². The molecule has 0 saturated heterocycles. The van der Waals surface area contributed by atoms with Gasteiger partial charge in [-0.3, -0.25) is 4.79 Å². The van der Waals surface area contributed by atoms with Gasteiger partial charge in [0.2, 0.25) is 5.91 Å². The summed E-state index contributed by atoms with van der Waals surface area (Å²) in [6.45, 7) is 5.13. The maximum absolute atomic E-state index is 11.7. The number of benzene rings is 1. The standard InChI is InChI=1S/C16H21NO5/c1-10(2)22-13-6-4-5-12(9-13)7-8-14(19)17-15(11(3)18)16(20)21/h4-11,15,18H,1-3H3,(H,17,19)(H,20,21)/b8-7+. The third-order valence-corrected chi connectivity index (χ3v) is 2.70. The Morgan fingerprint density at radius 2 is 1.95 bits per heavy atom. The van der Waals surface area contributed by atoms with E-state index in [2.05, 4.69) is 5.32 Å². The van der Waals surface area contributed by atoms with Gasteiger partial charge in [-0.2, -0.15) is 0 Å². The second-order valence-electron chi connectivity index (χ2n) is 5.14. The van der Waals surface area contributed by atoms with E-state index in [-0.39, 0.29) is 6.10 Å². The Bertz CT molecular complexity index is 551. The molecule has 0 aromatic heterocycles. The highest BCUT2D eigenvalue weighted by molar-refractivity contribution is 5.94. The van der Waals surface area contributed by atoms with Crippen molar-refractivity contribution in [3.63, 3.8) is 0 Å². The summed E-state index contributed by atoms with van der Waals surface area (Å²) in [4.78, 5) is 22.6. The molecule has 0 aliphatic carbocycles. The van der Waals surface area contributed by atoms with E-state index in [1.54, 1.807) is 24.3 Å². The van der Waals surface area contributed by atoms with Crippen LogP contribution in [0.3, 0.4) is 0 Å². The van der Waals surface area contributed by atoms with Gasteiger partial charge in [-0.05, 0) is 44.5 Å². The highest BCUT2D eigenvalue weighted by Gasteiger charge is 2.23. The quantitative estimate of drug-likeness (QED) is 0.662. The van der Waals surface area contributed by atoms with Gasteiger partial charge in [0.05, 0.1) is 12.2 Å². The third-order valence-electron chi connectivity index (χ3n) is 2.70. The molecule has 1 aromatic carbocycles. The Labute approximate surface area is 129 Å². The van der Waals surface area contributed by atoms with E-state index < -0.39 is 24.0 Å². The van der Waals surface area contributed by atoms with Crippen molar-refractivity contribution in [2.75, 3.05) is 0 Å². The first-order chi connectivity index (χ1) is 10.3. The first kappa shape index (κ1) is 17.7. The van der Waals surface area contributed by atoms with Gasteiger partial charge >= 0.3 is 5.97 Å². The zero-order chi connectivity index (χ0) is 16.7. The van der Waals surface area contributed by atoms with Crippen LogP contribution >= 0.6 is 0 Å². The number of nitrogens with one attached hydrogen (secondary N) is 1. The number of carboxylic acids is 1. The number of aliphatic hydroxyl groups excluding tert-OH is 1. The smallest absolute Gasteiger partial charge is 0.328 e. The lowest BCUT2D eigenvalue weighted by molar-refractivity contribution is -0.144. The number of ether oxygens (including phenoxy) is 1. The summed E-state index contributed by atoms with van der Waals surface area (Å²) in [6.07, 6.45) is 1.62. The minimum atomic E-state index is -1.34. The predicted octanol–water partition coefficient (Wildman–Crippen LogP) is 1.44. The van der Waals surface area contributed by atoms with Crippen LogP contribution in [0, 0.1) is 0 Å². The lowest BCUT2D eigenvalue weighted by atomic mass is 10.1. The van der Waals surface area contributed by atoms with Crippen molar-refractivity contribution in [1.82, 2.24) is 5.32 Å². The van der Waals surface area contributed by atoms with Gasteiger partial charge in [-0.25, -0.2) is 4.79 Å². The fraction of sp³-hybridized carbons (Fsp3) is 0.375. The average Bonchev–Trinajstić information content (AvgIpc) is 2.41. The predicted molar refractivity (Wildman–Crippen MR) is 82.5 cm³/mol. The SMILES string of the molecule is CC(C)Oc1cccc(/C=C/C(=O)NC(C(=O)O)C(C)O)c1. The van der Waals surface area contributed by atoms with Crippen LogP contribution in [0.25, 0.3) is 6.08 Å². The Morgan fingerprint density at radius 3 is 2.50 bits per heavy atom. The summed E-state index contributed by atoms with van der Waals surface area (Å²) in [5.41, 5.74) is 0.747. The topological polar surface area (TPSA) is 95.9 Å². The molecule has 0 heterocycles. The van der Waals surface area contributed by atoms with Crippen LogP contribution in [-0.2, 0) is 9.59 Å². The van der Waals surface area contributed by atoms with Gasteiger partial charge in [0.25, 0.3) is 0 Å². The van der Waals surface area contributed by atoms with Crippen molar-refractivity contribution in [3.05, 3.63) is 35.9 Å². The number of rotatable bonds is 7. The van der Waals surface area contributed by atoms with Crippen LogP contribution in [0.1, 0.15) is 26.3 Å². The molecular formula is C16H21NO5. The summed E-state index contributed by atoms with van der Waals surface area (Å²) < 4.78 is 5.54. The van der Waals surface area contributed by atoms with E-state index >= 15 is 0 Å².